The maximum absolute atomic E-state index is 12.2. The second-order valence-corrected chi connectivity index (χ2v) is 7.11. The van der Waals surface area contributed by atoms with Crippen molar-refractivity contribution in [1.82, 2.24) is 9.55 Å². The van der Waals surface area contributed by atoms with Crippen molar-refractivity contribution >= 4 is 33.3 Å². The van der Waals surface area contributed by atoms with Gasteiger partial charge in [-0.2, -0.15) is 0 Å². The highest BCUT2D eigenvalue weighted by atomic mass is 32.1. The zero-order valence-electron chi connectivity index (χ0n) is 14.9. The lowest BCUT2D eigenvalue weighted by Gasteiger charge is -2.05. The summed E-state index contributed by atoms with van der Waals surface area (Å²) in [6, 6.07) is 9.60. The first-order valence-corrected chi connectivity index (χ1v) is 9.01. The molecule has 3 aromatic rings. The third-order valence-corrected chi connectivity index (χ3v) is 5.23. The van der Waals surface area contributed by atoms with Crippen LogP contribution in [0.15, 0.2) is 30.3 Å². The molecule has 0 spiro atoms. The Labute approximate surface area is 155 Å². The highest BCUT2D eigenvalue weighted by molar-refractivity contribution is 7.18. The largest absolute Gasteiger partial charge is 0.456 e. The molecule has 0 saturated heterocycles. The molecule has 0 saturated carbocycles. The number of thiazole rings is 1. The molecule has 26 heavy (non-hydrogen) atoms. The van der Waals surface area contributed by atoms with Gasteiger partial charge < -0.3 is 14.0 Å². The smallest absolute Gasteiger partial charge is 0.332 e. The Hall–Kier alpha value is -2.51. The summed E-state index contributed by atoms with van der Waals surface area (Å²) in [6.07, 6.45) is 0. The average Bonchev–Trinajstić information content (AvgIpc) is 3.15. The van der Waals surface area contributed by atoms with Crippen LogP contribution in [0.2, 0.25) is 0 Å². The Morgan fingerprint density at radius 3 is 2.65 bits per heavy atom. The first-order valence-electron chi connectivity index (χ1n) is 8.19. The van der Waals surface area contributed by atoms with Crippen LogP contribution in [0.4, 0.5) is 0 Å². The molecule has 6 nitrogen and oxygen atoms in total. The molecule has 0 radical (unpaired) electrons. The van der Waals surface area contributed by atoms with Gasteiger partial charge in [0.25, 0.3) is 0 Å². The maximum atomic E-state index is 12.2. The molecule has 1 aromatic carbocycles. The number of esters is 1. The minimum atomic E-state index is -0.565. The second kappa shape index (κ2) is 7.80. The predicted octanol–water partition coefficient (Wildman–Crippen LogP) is 3.19. The lowest BCUT2D eigenvalue weighted by Crippen LogP contribution is -2.18. The van der Waals surface area contributed by atoms with E-state index in [1.807, 2.05) is 49.7 Å². The van der Waals surface area contributed by atoms with E-state index in [9.17, 15) is 9.59 Å². The monoisotopic (exact) mass is 372 g/mol. The standard InChI is InChI=1S/C19H20N2O4S/c1-12-8-14(13(2)21(12)3)16(22)9-25-19(23)11-24-10-18-20-15-6-4-5-7-17(15)26-18/h4-8H,9-11H2,1-3H3. The van der Waals surface area contributed by atoms with Gasteiger partial charge in [-0.05, 0) is 32.0 Å². The Bertz CT molecular complexity index is 925. The normalized spacial score (nSPS) is 11.0. The van der Waals surface area contributed by atoms with Crippen LogP contribution in [0.25, 0.3) is 10.2 Å². The molecule has 0 bridgehead atoms. The van der Waals surface area contributed by atoms with E-state index >= 15 is 0 Å². The average molecular weight is 372 g/mol. The molecule has 7 heteroatoms. The van der Waals surface area contributed by atoms with Gasteiger partial charge in [-0.15, -0.1) is 11.3 Å². The van der Waals surface area contributed by atoms with E-state index in [1.165, 1.54) is 11.3 Å². The van der Waals surface area contributed by atoms with Gasteiger partial charge in [0.05, 0.1) is 16.8 Å². The summed E-state index contributed by atoms with van der Waals surface area (Å²) >= 11 is 1.53. The van der Waals surface area contributed by atoms with E-state index in [0.29, 0.717) is 5.56 Å². The molecule has 0 aliphatic carbocycles. The number of ketones is 1. The van der Waals surface area contributed by atoms with E-state index < -0.39 is 5.97 Å². The number of ether oxygens (including phenoxy) is 2. The van der Waals surface area contributed by atoms with Gasteiger partial charge >= 0.3 is 5.97 Å². The summed E-state index contributed by atoms with van der Waals surface area (Å²) in [5.41, 5.74) is 3.33. The quantitative estimate of drug-likeness (QED) is 0.470. The SMILES string of the molecule is Cc1cc(C(=O)COC(=O)COCc2nc3ccccc3s2)c(C)n1C. The van der Waals surface area contributed by atoms with Crippen LogP contribution >= 0.6 is 11.3 Å². The number of rotatable bonds is 7. The first kappa shape index (κ1) is 18.3. The maximum Gasteiger partial charge on any atom is 0.332 e. The first-order chi connectivity index (χ1) is 12.5. The van der Waals surface area contributed by atoms with E-state index in [-0.39, 0.29) is 25.6 Å². The van der Waals surface area contributed by atoms with Crippen LogP contribution in [0.1, 0.15) is 26.8 Å². The minimum Gasteiger partial charge on any atom is -0.456 e. The Morgan fingerprint density at radius 2 is 1.96 bits per heavy atom. The molecule has 0 aliphatic rings. The molecule has 0 fully saturated rings. The molecular weight excluding hydrogens is 352 g/mol. The third kappa shape index (κ3) is 4.00. The van der Waals surface area contributed by atoms with Crippen molar-refractivity contribution in [2.45, 2.75) is 20.5 Å². The van der Waals surface area contributed by atoms with Crippen LogP contribution in [0.5, 0.6) is 0 Å². The van der Waals surface area contributed by atoms with E-state index in [0.717, 1.165) is 26.6 Å². The molecule has 2 aromatic heterocycles. The Kier molecular flexibility index (Phi) is 5.49. The minimum absolute atomic E-state index is 0.212. The molecule has 2 heterocycles. The number of Topliss-reactive ketones (excluding diaryl/α,β-unsaturated/α-hetero) is 1. The van der Waals surface area contributed by atoms with E-state index in [1.54, 1.807) is 6.07 Å². The Morgan fingerprint density at radius 1 is 1.19 bits per heavy atom. The van der Waals surface area contributed by atoms with Crippen molar-refractivity contribution in [1.29, 1.82) is 0 Å². The molecule has 3 rings (SSSR count). The zero-order chi connectivity index (χ0) is 18.7. The van der Waals surface area contributed by atoms with Crippen LogP contribution in [0.3, 0.4) is 0 Å². The van der Waals surface area contributed by atoms with Crippen molar-refractivity contribution < 1.29 is 19.1 Å². The summed E-state index contributed by atoms with van der Waals surface area (Å²) in [5, 5.41) is 0.797. The number of benzene rings is 1. The molecule has 0 amide bonds. The second-order valence-electron chi connectivity index (χ2n) is 6.00. The summed E-state index contributed by atoms with van der Waals surface area (Å²) < 4.78 is 13.4. The van der Waals surface area contributed by atoms with Crippen molar-refractivity contribution in [2.75, 3.05) is 13.2 Å². The van der Waals surface area contributed by atoms with Crippen molar-refractivity contribution in [2.24, 2.45) is 7.05 Å². The van der Waals surface area contributed by atoms with Gasteiger partial charge in [0, 0.05) is 24.0 Å². The lowest BCUT2D eigenvalue weighted by molar-refractivity contribution is -0.148. The number of carbonyl (C=O) groups is 2. The lowest BCUT2D eigenvalue weighted by atomic mass is 10.1. The summed E-state index contributed by atoms with van der Waals surface area (Å²) in [5.74, 6) is -0.782. The van der Waals surface area contributed by atoms with Crippen LogP contribution in [-0.2, 0) is 27.9 Å². The molecule has 136 valence electrons. The summed E-state index contributed by atoms with van der Waals surface area (Å²) in [7, 11) is 1.89. The number of hydrogen-bond acceptors (Lipinski definition) is 6. The number of aromatic nitrogens is 2. The number of fused-ring (bicyclic) bond motifs is 1. The number of nitrogens with zero attached hydrogens (tertiary/aromatic N) is 2. The van der Waals surface area contributed by atoms with Crippen LogP contribution < -0.4 is 0 Å². The summed E-state index contributed by atoms with van der Waals surface area (Å²) in [6.45, 7) is 3.53. The van der Waals surface area contributed by atoms with Crippen molar-refractivity contribution in [3.8, 4) is 0 Å². The van der Waals surface area contributed by atoms with Crippen LogP contribution in [-0.4, -0.2) is 34.5 Å². The molecule has 0 unspecified atom stereocenters. The molecule has 0 N–H and O–H groups in total. The van der Waals surface area contributed by atoms with Crippen molar-refractivity contribution in [3.63, 3.8) is 0 Å². The third-order valence-electron chi connectivity index (χ3n) is 4.22. The van der Waals surface area contributed by atoms with Crippen molar-refractivity contribution in [3.05, 3.63) is 52.3 Å². The van der Waals surface area contributed by atoms with Crippen LogP contribution in [0, 0.1) is 13.8 Å². The highest BCUT2D eigenvalue weighted by Gasteiger charge is 2.16. The fourth-order valence-corrected chi connectivity index (χ4v) is 3.51. The Balaban J connectivity index is 1.45. The van der Waals surface area contributed by atoms with Gasteiger partial charge in [-0.25, -0.2) is 9.78 Å². The molecular formula is C19H20N2O4S. The number of para-hydroxylation sites is 1. The van der Waals surface area contributed by atoms with E-state index in [4.69, 9.17) is 9.47 Å². The highest BCUT2D eigenvalue weighted by Crippen LogP contribution is 2.21. The van der Waals surface area contributed by atoms with Gasteiger partial charge in [0.2, 0.25) is 5.78 Å². The topological polar surface area (TPSA) is 70.4 Å². The zero-order valence-corrected chi connectivity index (χ0v) is 15.8. The van der Waals surface area contributed by atoms with Gasteiger partial charge in [-0.3, -0.25) is 4.79 Å². The van der Waals surface area contributed by atoms with Gasteiger partial charge in [-0.1, -0.05) is 12.1 Å². The van der Waals surface area contributed by atoms with E-state index in [2.05, 4.69) is 4.98 Å². The molecule has 0 aliphatic heterocycles. The number of aryl methyl sites for hydroxylation is 1. The van der Waals surface area contributed by atoms with Gasteiger partial charge in [0.1, 0.15) is 11.6 Å². The van der Waals surface area contributed by atoms with Gasteiger partial charge in [0.15, 0.2) is 6.61 Å². The fourth-order valence-electron chi connectivity index (χ4n) is 2.61. The fraction of sp³-hybridized carbons (Fsp3) is 0.316. The summed E-state index contributed by atoms with van der Waals surface area (Å²) in [4.78, 5) is 28.4. The number of carbonyl (C=O) groups excluding carboxylic acids is 2. The molecule has 0 atom stereocenters. The predicted molar refractivity (Wildman–Crippen MR) is 99.5 cm³/mol. The number of hydrogen-bond donors (Lipinski definition) is 0.